The second kappa shape index (κ2) is 3.71. The average molecular weight is 271 g/mol. The Morgan fingerprint density at radius 3 is 2.80 bits per heavy atom. The zero-order valence-electron chi connectivity index (χ0n) is 9.26. The monoisotopic (exact) mass is 270 g/mol. The van der Waals surface area contributed by atoms with Crippen LogP contribution in [0.25, 0.3) is 0 Å². The molecule has 1 aromatic rings. The topological polar surface area (TPSA) is 18.5 Å². The van der Waals surface area contributed by atoms with Gasteiger partial charge in [0.05, 0.1) is 7.11 Å². The highest BCUT2D eigenvalue weighted by Crippen LogP contribution is 2.43. The molecular formula is C12H15BrO2. The molecule has 0 radical (unpaired) electrons. The van der Waals surface area contributed by atoms with E-state index in [0.29, 0.717) is 0 Å². The standard InChI is InChI=1S/C12H15BrO2/c1-12(2)7-6-8-9(13)4-5-10(14-3)11(8)15-12/h4-5H,6-7H2,1-3H3. The molecule has 0 atom stereocenters. The van der Waals surface area contributed by atoms with Crippen LogP contribution < -0.4 is 9.47 Å². The minimum absolute atomic E-state index is 0.0962. The van der Waals surface area contributed by atoms with Crippen LogP contribution in [0.5, 0.6) is 11.5 Å². The second-order valence-corrected chi connectivity index (χ2v) is 5.27. The fourth-order valence-electron chi connectivity index (χ4n) is 1.84. The Hall–Kier alpha value is -0.700. The first kappa shape index (κ1) is 10.8. The van der Waals surface area contributed by atoms with E-state index in [1.54, 1.807) is 7.11 Å². The predicted octanol–water partition coefficient (Wildman–Crippen LogP) is 3.56. The molecule has 0 aromatic heterocycles. The third-order valence-electron chi connectivity index (χ3n) is 2.74. The number of benzene rings is 1. The summed E-state index contributed by atoms with van der Waals surface area (Å²) in [6.07, 6.45) is 2.06. The lowest BCUT2D eigenvalue weighted by molar-refractivity contribution is 0.0802. The largest absolute Gasteiger partial charge is 0.493 e. The summed E-state index contributed by atoms with van der Waals surface area (Å²) in [5.74, 6) is 1.71. The number of ether oxygens (including phenoxy) is 2. The van der Waals surface area contributed by atoms with Crippen molar-refractivity contribution in [3.63, 3.8) is 0 Å². The van der Waals surface area contributed by atoms with Gasteiger partial charge in [0.15, 0.2) is 11.5 Å². The summed E-state index contributed by atoms with van der Waals surface area (Å²) >= 11 is 3.55. The summed E-state index contributed by atoms with van der Waals surface area (Å²) in [6, 6.07) is 3.95. The molecule has 0 N–H and O–H groups in total. The summed E-state index contributed by atoms with van der Waals surface area (Å²) in [7, 11) is 1.68. The summed E-state index contributed by atoms with van der Waals surface area (Å²) in [5.41, 5.74) is 1.12. The Morgan fingerprint density at radius 1 is 1.40 bits per heavy atom. The van der Waals surface area contributed by atoms with Gasteiger partial charge in [-0.3, -0.25) is 0 Å². The quantitative estimate of drug-likeness (QED) is 0.777. The van der Waals surface area contributed by atoms with Gasteiger partial charge in [0.25, 0.3) is 0 Å². The van der Waals surface area contributed by atoms with E-state index < -0.39 is 0 Å². The minimum atomic E-state index is -0.0962. The third kappa shape index (κ3) is 1.98. The first-order valence-electron chi connectivity index (χ1n) is 5.08. The molecule has 0 aliphatic carbocycles. The number of fused-ring (bicyclic) bond motifs is 1. The lowest BCUT2D eigenvalue weighted by atomic mass is 9.94. The maximum absolute atomic E-state index is 5.97. The highest BCUT2D eigenvalue weighted by atomic mass is 79.9. The van der Waals surface area contributed by atoms with Crippen molar-refractivity contribution in [1.29, 1.82) is 0 Å². The van der Waals surface area contributed by atoms with Crippen LogP contribution in [0.1, 0.15) is 25.8 Å². The number of halogens is 1. The summed E-state index contributed by atoms with van der Waals surface area (Å²) in [4.78, 5) is 0. The van der Waals surface area contributed by atoms with E-state index in [1.807, 2.05) is 12.1 Å². The van der Waals surface area contributed by atoms with Gasteiger partial charge >= 0.3 is 0 Å². The van der Waals surface area contributed by atoms with Gasteiger partial charge in [0.2, 0.25) is 0 Å². The molecule has 0 saturated heterocycles. The van der Waals surface area contributed by atoms with Crippen LogP contribution >= 0.6 is 15.9 Å². The van der Waals surface area contributed by atoms with Crippen molar-refractivity contribution in [2.24, 2.45) is 0 Å². The van der Waals surface area contributed by atoms with Crippen LogP contribution in [0.4, 0.5) is 0 Å². The van der Waals surface area contributed by atoms with Gasteiger partial charge in [0.1, 0.15) is 5.60 Å². The van der Waals surface area contributed by atoms with Crippen molar-refractivity contribution in [2.75, 3.05) is 7.11 Å². The Balaban J connectivity index is 2.51. The van der Waals surface area contributed by atoms with Gasteiger partial charge in [-0.2, -0.15) is 0 Å². The van der Waals surface area contributed by atoms with E-state index in [4.69, 9.17) is 9.47 Å². The van der Waals surface area contributed by atoms with Crippen LogP contribution in [0.3, 0.4) is 0 Å². The molecule has 0 saturated carbocycles. The summed E-state index contributed by atoms with van der Waals surface area (Å²) in [5, 5.41) is 0. The molecule has 0 fully saturated rings. The molecule has 2 rings (SSSR count). The van der Waals surface area contributed by atoms with Crippen molar-refractivity contribution in [3.05, 3.63) is 22.2 Å². The van der Waals surface area contributed by atoms with Gasteiger partial charge in [-0.05, 0) is 38.8 Å². The molecule has 0 bridgehead atoms. The van der Waals surface area contributed by atoms with E-state index >= 15 is 0 Å². The van der Waals surface area contributed by atoms with E-state index in [0.717, 1.165) is 28.8 Å². The zero-order valence-corrected chi connectivity index (χ0v) is 10.8. The molecule has 3 heteroatoms. The number of methoxy groups -OCH3 is 1. The molecule has 1 aromatic carbocycles. The second-order valence-electron chi connectivity index (χ2n) is 4.42. The average Bonchev–Trinajstić information content (AvgIpc) is 2.17. The normalized spacial score (nSPS) is 17.9. The smallest absolute Gasteiger partial charge is 0.166 e. The highest BCUT2D eigenvalue weighted by Gasteiger charge is 2.29. The van der Waals surface area contributed by atoms with Crippen LogP contribution in [-0.2, 0) is 6.42 Å². The van der Waals surface area contributed by atoms with Crippen molar-refractivity contribution in [1.82, 2.24) is 0 Å². The first-order valence-corrected chi connectivity index (χ1v) is 5.87. The molecule has 1 heterocycles. The SMILES string of the molecule is COc1ccc(Br)c2c1OC(C)(C)CC2. The van der Waals surface area contributed by atoms with Gasteiger partial charge in [-0.1, -0.05) is 15.9 Å². The number of hydrogen-bond donors (Lipinski definition) is 0. The van der Waals surface area contributed by atoms with Crippen molar-refractivity contribution >= 4 is 15.9 Å². The molecule has 82 valence electrons. The fraction of sp³-hybridized carbons (Fsp3) is 0.500. The van der Waals surface area contributed by atoms with E-state index in [-0.39, 0.29) is 5.60 Å². The number of rotatable bonds is 1. The van der Waals surface area contributed by atoms with Crippen LogP contribution in [0.15, 0.2) is 16.6 Å². The van der Waals surface area contributed by atoms with Gasteiger partial charge in [-0.25, -0.2) is 0 Å². The van der Waals surface area contributed by atoms with Crippen molar-refractivity contribution < 1.29 is 9.47 Å². The Morgan fingerprint density at radius 2 is 2.13 bits per heavy atom. The van der Waals surface area contributed by atoms with E-state index in [9.17, 15) is 0 Å². The van der Waals surface area contributed by atoms with Crippen molar-refractivity contribution in [3.8, 4) is 11.5 Å². The van der Waals surface area contributed by atoms with Gasteiger partial charge < -0.3 is 9.47 Å². The maximum atomic E-state index is 5.97. The lowest BCUT2D eigenvalue weighted by Gasteiger charge is -2.33. The Labute approximate surface area is 98.7 Å². The van der Waals surface area contributed by atoms with Gasteiger partial charge in [0, 0.05) is 10.0 Å². The Kier molecular flexibility index (Phi) is 2.67. The molecule has 1 aliphatic rings. The lowest BCUT2D eigenvalue weighted by Crippen LogP contribution is -2.32. The van der Waals surface area contributed by atoms with E-state index in [1.165, 1.54) is 5.56 Å². The molecule has 0 amide bonds. The first-order chi connectivity index (χ1) is 7.03. The van der Waals surface area contributed by atoms with Crippen LogP contribution in [-0.4, -0.2) is 12.7 Å². The van der Waals surface area contributed by atoms with Crippen LogP contribution in [0.2, 0.25) is 0 Å². The van der Waals surface area contributed by atoms with Gasteiger partial charge in [-0.15, -0.1) is 0 Å². The molecule has 15 heavy (non-hydrogen) atoms. The Bertz CT molecular complexity index is 385. The number of hydrogen-bond acceptors (Lipinski definition) is 2. The molecule has 2 nitrogen and oxygen atoms in total. The molecule has 0 unspecified atom stereocenters. The summed E-state index contributed by atoms with van der Waals surface area (Å²) in [6.45, 7) is 4.21. The molecule has 1 aliphatic heterocycles. The summed E-state index contributed by atoms with van der Waals surface area (Å²) < 4.78 is 12.4. The van der Waals surface area contributed by atoms with Crippen molar-refractivity contribution in [2.45, 2.75) is 32.3 Å². The minimum Gasteiger partial charge on any atom is -0.493 e. The highest BCUT2D eigenvalue weighted by molar-refractivity contribution is 9.10. The van der Waals surface area contributed by atoms with E-state index in [2.05, 4.69) is 29.8 Å². The van der Waals surface area contributed by atoms with Crippen LogP contribution in [0, 0.1) is 0 Å². The predicted molar refractivity (Wildman–Crippen MR) is 63.7 cm³/mol. The molecular weight excluding hydrogens is 256 g/mol. The third-order valence-corrected chi connectivity index (χ3v) is 3.49. The molecule has 0 spiro atoms. The zero-order chi connectivity index (χ0) is 11.1. The fourth-order valence-corrected chi connectivity index (χ4v) is 2.35. The maximum Gasteiger partial charge on any atom is 0.166 e.